The number of nitrogen functional groups attached to an aromatic ring is 1. The zero-order chi connectivity index (χ0) is 15.6. The van der Waals surface area contributed by atoms with Crippen molar-refractivity contribution in [1.82, 2.24) is 4.90 Å². The third kappa shape index (κ3) is 3.75. The molecule has 1 amide bonds. The number of rotatable bonds is 3. The molecule has 0 radical (unpaired) electrons. The van der Waals surface area contributed by atoms with E-state index in [4.69, 9.17) is 5.73 Å². The number of anilines is 1. The summed E-state index contributed by atoms with van der Waals surface area (Å²) < 4.78 is 49.7. The molecule has 1 aliphatic rings. The van der Waals surface area contributed by atoms with Crippen LogP contribution in [0.1, 0.15) is 18.4 Å². The standard InChI is InChI=1S/C13H15F3N2O2S/c14-13(15,16)9-3-4-11(10(17)7-9)21(20)8-12(19)18-5-1-2-6-18/h3-4,7H,1-2,5-6,8,17H2. The van der Waals surface area contributed by atoms with Crippen LogP contribution in [0, 0.1) is 0 Å². The SMILES string of the molecule is Nc1cc(C(F)(F)F)ccc1S(=O)CC(=O)N1CCCC1. The topological polar surface area (TPSA) is 63.4 Å². The highest BCUT2D eigenvalue weighted by atomic mass is 32.2. The van der Waals surface area contributed by atoms with Gasteiger partial charge in [0.05, 0.1) is 21.3 Å². The predicted molar refractivity (Wildman–Crippen MR) is 72.9 cm³/mol. The minimum absolute atomic E-state index is 0.0653. The molecule has 1 atom stereocenters. The fourth-order valence-corrected chi connectivity index (χ4v) is 3.28. The van der Waals surface area contributed by atoms with Crippen molar-refractivity contribution in [2.75, 3.05) is 24.6 Å². The summed E-state index contributed by atoms with van der Waals surface area (Å²) in [7, 11) is -1.74. The van der Waals surface area contributed by atoms with Crippen molar-refractivity contribution >= 4 is 22.4 Å². The molecule has 116 valence electrons. The van der Waals surface area contributed by atoms with E-state index in [1.54, 1.807) is 4.90 Å². The molecule has 4 nitrogen and oxygen atoms in total. The zero-order valence-corrected chi connectivity index (χ0v) is 12.0. The molecule has 1 aromatic rings. The van der Waals surface area contributed by atoms with Crippen LogP contribution in [0.2, 0.25) is 0 Å². The maximum Gasteiger partial charge on any atom is 0.416 e. The molecule has 1 fully saturated rings. The normalized spacial score (nSPS) is 17.0. The fraction of sp³-hybridized carbons (Fsp3) is 0.462. The second-order valence-corrected chi connectivity index (χ2v) is 6.25. The smallest absolute Gasteiger partial charge is 0.398 e. The highest BCUT2D eigenvalue weighted by molar-refractivity contribution is 7.86. The van der Waals surface area contributed by atoms with Crippen LogP contribution in [0.5, 0.6) is 0 Å². The lowest BCUT2D eigenvalue weighted by atomic mass is 10.2. The van der Waals surface area contributed by atoms with E-state index in [-0.39, 0.29) is 22.2 Å². The van der Waals surface area contributed by atoms with Crippen LogP contribution in [0.4, 0.5) is 18.9 Å². The summed E-state index contributed by atoms with van der Waals surface area (Å²) in [5.74, 6) is -0.514. The Bertz CT molecular complexity index is 569. The molecule has 2 N–H and O–H groups in total. The summed E-state index contributed by atoms with van der Waals surface area (Å²) in [4.78, 5) is 13.6. The highest BCUT2D eigenvalue weighted by Crippen LogP contribution is 2.32. The first-order chi connectivity index (χ1) is 9.79. The molecular formula is C13H15F3N2O2S. The molecule has 2 rings (SSSR count). The molecule has 8 heteroatoms. The number of likely N-dealkylation sites (tertiary alicyclic amines) is 1. The first-order valence-electron chi connectivity index (χ1n) is 6.42. The Morgan fingerprint density at radius 2 is 1.90 bits per heavy atom. The first kappa shape index (κ1) is 15.8. The van der Waals surface area contributed by atoms with Crippen LogP contribution in [0.25, 0.3) is 0 Å². The van der Waals surface area contributed by atoms with Gasteiger partial charge in [-0.1, -0.05) is 0 Å². The van der Waals surface area contributed by atoms with Crippen molar-refractivity contribution in [2.24, 2.45) is 0 Å². The number of alkyl halides is 3. The quantitative estimate of drug-likeness (QED) is 0.867. The van der Waals surface area contributed by atoms with E-state index in [0.717, 1.165) is 31.0 Å². The second-order valence-electron chi connectivity index (χ2n) is 4.83. The Kier molecular flexibility index (Phi) is 4.55. The van der Waals surface area contributed by atoms with Gasteiger partial charge in [-0.3, -0.25) is 9.00 Å². The van der Waals surface area contributed by atoms with E-state index in [0.29, 0.717) is 13.1 Å². The van der Waals surface area contributed by atoms with Crippen LogP contribution < -0.4 is 5.73 Å². The van der Waals surface area contributed by atoms with Gasteiger partial charge in [-0.2, -0.15) is 13.2 Å². The molecule has 0 saturated carbocycles. The molecule has 0 spiro atoms. The number of halogens is 3. The molecule has 21 heavy (non-hydrogen) atoms. The third-order valence-corrected chi connectivity index (χ3v) is 4.67. The Labute approximate surface area is 122 Å². The minimum Gasteiger partial charge on any atom is -0.398 e. The fourth-order valence-electron chi connectivity index (χ4n) is 2.18. The van der Waals surface area contributed by atoms with Crippen LogP contribution in [0.15, 0.2) is 23.1 Å². The lowest BCUT2D eigenvalue weighted by Gasteiger charge is -2.15. The van der Waals surface area contributed by atoms with Crippen LogP contribution in [-0.4, -0.2) is 33.9 Å². The van der Waals surface area contributed by atoms with Gasteiger partial charge in [0, 0.05) is 18.8 Å². The average molecular weight is 320 g/mol. The first-order valence-corrected chi connectivity index (χ1v) is 7.74. The Morgan fingerprint density at radius 1 is 1.29 bits per heavy atom. The summed E-state index contributed by atoms with van der Waals surface area (Å²) in [6.45, 7) is 1.27. The van der Waals surface area contributed by atoms with E-state index in [9.17, 15) is 22.2 Å². The number of nitrogens with two attached hydrogens (primary N) is 1. The van der Waals surface area contributed by atoms with Crippen LogP contribution in [0.3, 0.4) is 0 Å². The number of benzene rings is 1. The number of hydrogen-bond acceptors (Lipinski definition) is 3. The molecule has 1 aromatic carbocycles. The Balaban J connectivity index is 2.10. The molecule has 1 aliphatic heterocycles. The third-order valence-electron chi connectivity index (χ3n) is 3.30. The van der Waals surface area contributed by atoms with Crippen molar-refractivity contribution in [3.8, 4) is 0 Å². The van der Waals surface area contributed by atoms with Gasteiger partial charge < -0.3 is 10.6 Å². The van der Waals surface area contributed by atoms with Gasteiger partial charge in [0.1, 0.15) is 5.75 Å². The molecule has 0 aromatic heterocycles. The van der Waals surface area contributed by atoms with Gasteiger partial charge in [-0.05, 0) is 31.0 Å². The van der Waals surface area contributed by atoms with Crippen LogP contribution in [-0.2, 0) is 21.8 Å². The molecule has 0 aliphatic carbocycles. The maximum atomic E-state index is 12.5. The van der Waals surface area contributed by atoms with Gasteiger partial charge in [0.2, 0.25) is 5.91 Å². The zero-order valence-electron chi connectivity index (χ0n) is 11.2. The monoisotopic (exact) mass is 320 g/mol. The lowest BCUT2D eigenvalue weighted by molar-refractivity contribution is -0.137. The summed E-state index contributed by atoms with van der Waals surface area (Å²) in [5.41, 5.74) is 4.42. The van der Waals surface area contributed by atoms with E-state index >= 15 is 0 Å². The molecule has 1 heterocycles. The molecule has 1 saturated heterocycles. The van der Waals surface area contributed by atoms with Crippen LogP contribution >= 0.6 is 0 Å². The molecular weight excluding hydrogens is 305 g/mol. The van der Waals surface area contributed by atoms with E-state index in [2.05, 4.69) is 0 Å². The Morgan fingerprint density at radius 3 is 2.43 bits per heavy atom. The summed E-state index contributed by atoms with van der Waals surface area (Å²) in [6.07, 6.45) is -2.67. The predicted octanol–water partition coefficient (Wildman–Crippen LogP) is 2.02. The van der Waals surface area contributed by atoms with Crippen molar-refractivity contribution in [2.45, 2.75) is 23.9 Å². The number of nitrogens with zero attached hydrogens (tertiary/aromatic N) is 1. The highest BCUT2D eigenvalue weighted by Gasteiger charge is 2.31. The van der Waals surface area contributed by atoms with Gasteiger partial charge >= 0.3 is 6.18 Å². The van der Waals surface area contributed by atoms with E-state index in [1.807, 2.05) is 0 Å². The van der Waals surface area contributed by atoms with Crippen molar-refractivity contribution in [1.29, 1.82) is 0 Å². The molecule has 0 bridgehead atoms. The number of carbonyl (C=O) groups excluding carboxylic acids is 1. The van der Waals surface area contributed by atoms with Crippen molar-refractivity contribution < 1.29 is 22.2 Å². The second kappa shape index (κ2) is 6.05. The largest absolute Gasteiger partial charge is 0.416 e. The van der Waals surface area contributed by atoms with Gasteiger partial charge in [-0.25, -0.2) is 0 Å². The van der Waals surface area contributed by atoms with Gasteiger partial charge in [0.15, 0.2) is 0 Å². The number of carbonyl (C=O) groups is 1. The summed E-state index contributed by atoms with van der Waals surface area (Å²) in [5, 5.41) is 0. The van der Waals surface area contributed by atoms with Crippen molar-refractivity contribution in [3.63, 3.8) is 0 Å². The minimum atomic E-state index is -4.50. The van der Waals surface area contributed by atoms with Gasteiger partial charge in [-0.15, -0.1) is 0 Å². The van der Waals surface area contributed by atoms with Gasteiger partial charge in [0.25, 0.3) is 0 Å². The number of amides is 1. The average Bonchev–Trinajstić information content (AvgIpc) is 2.91. The van der Waals surface area contributed by atoms with E-state index in [1.165, 1.54) is 0 Å². The molecule has 1 unspecified atom stereocenters. The Hall–Kier alpha value is -1.57. The summed E-state index contributed by atoms with van der Waals surface area (Å²) in [6, 6.07) is 2.64. The number of hydrogen-bond donors (Lipinski definition) is 1. The maximum absolute atomic E-state index is 12.5. The van der Waals surface area contributed by atoms with Crippen molar-refractivity contribution in [3.05, 3.63) is 23.8 Å². The van der Waals surface area contributed by atoms with E-state index < -0.39 is 22.5 Å². The summed E-state index contributed by atoms with van der Waals surface area (Å²) >= 11 is 0. The lowest BCUT2D eigenvalue weighted by Crippen LogP contribution is -2.31.